The molecule has 6 heteroatoms. The van der Waals surface area contributed by atoms with Gasteiger partial charge in [-0.25, -0.2) is 18.0 Å². The molecule has 2 unspecified atom stereocenters. The van der Waals surface area contributed by atoms with Gasteiger partial charge in [-0.2, -0.15) is 0 Å². The van der Waals surface area contributed by atoms with E-state index < -0.39 is 24.7 Å². The summed E-state index contributed by atoms with van der Waals surface area (Å²) in [4.78, 5) is 9.62. The highest BCUT2D eigenvalue weighted by atomic mass is 19.3. The smallest absolute Gasteiger partial charge is 0.335 e. The van der Waals surface area contributed by atoms with Gasteiger partial charge in [0.05, 0.1) is 0 Å². The van der Waals surface area contributed by atoms with Crippen LogP contribution in [0.25, 0.3) is 0 Å². The van der Waals surface area contributed by atoms with Gasteiger partial charge in [-0.1, -0.05) is 0 Å². The molecule has 60 valence electrons. The molecule has 0 bridgehead atoms. The number of halogens is 3. The zero-order chi connectivity index (χ0) is 8.31. The Morgan fingerprint density at radius 1 is 1.30 bits per heavy atom. The number of hydrogen-bond donors (Lipinski definition) is 2. The molecule has 0 aromatic rings. The van der Waals surface area contributed by atoms with Crippen LogP contribution < -0.4 is 0 Å². The number of carboxylic acid groups (broad SMARTS) is 1. The average molecular weight is 158 g/mol. The summed E-state index contributed by atoms with van der Waals surface area (Å²) in [6, 6.07) is 0. The van der Waals surface area contributed by atoms with Crippen molar-refractivity contribution in [1.82, 2.24) is 0 Å². The van der Waals surface area contributed by atoms with Crippen LogP contribution in [0.2, 0.25) is 0 Å². The Morgan fingerprint density at radius 3 is 1.80 bits per heavy atom. The van der Waals surface area contributed by atoms with E-state index in [1.165, 1.54) is 0 Å². The Hall–Kier alpha value is -0.780. The monoisotopic (exact) mass is 158 g/mol. The highest BCUT2D eigenvalue weighted by Gasteiger charge is 2.33. The van der Waals surface area contributed by atoms with Crippen LogP contribution in [0, 0.1) is 0 Å². The maximum Gasteiger partial charge on any atom is 0.335 e. The number of aliphatic carboxylic acids is 1. The third-order valence-electron chi connectivity index (χ3n) is 0.795. The first kappa shape index (κ1) is 9.22. The lowest BCUT2D eigenvalue weighted by Crippen LogP contribution is -2.35. The average Bonchev–Trinajstić information content (AvgIpc) is 1.84. The van der Waals surface area contributed by atoms with Gasteiger partial charge in [0, 0.05) is 0 Å². The first-order valence-electron chi connectivity index (χ1n) is 2.30. The second-order valence-corrected chi connectivity index (χ2v) is 1.56. The fourth-order valence-electron chi connectivity index (χ4n) is 0.274. The zero-order valence-corrected chi connectivity index (χ0v) is 4.67. The van der Waals surface area contributed by atoms with Crippen molar-refractivity contribution in [1.29, 1.82) is 0 Å². The van der Waals surface area contributed by atoms with Crippen LogP contribution >= 0.6 is 0 Å². The van der Waals surface area contributed by atoms with E-state index in [-0.39, 0.29) is 0 Å². The van der Waals surface area contributed by atoms with Gasteiger partial charge in [-0.15, -0.1) is 0 Å². The molecule has 0 radical (unpaired) electrons. The van der Waals surface area contributed by atoms with Crippen molar-refractivity contribution >= 4 is 5.97 Å². The van der Waals surface area contributed by atoms with Crippen molar-refractivity contribution in [2.75, 3.05) is 0 Å². The molecule has 0 aliphatic rings. The number of aliphatic hydroxyl groups excluding tert-OH is 1. The van der Waals surface area contributed by atoms with Crippen molar-refractivity contribution < 1.29 is 28.2 Å². The van der Waals surface area contributed by atoms with Crippen LogP contribution in [-0.2, 0) is 4.79 Å². The molecule has 10 heavy (non-hydrogen) atoms. The van der Waals surface area contributed by atoms with E-state index in [9.17, 15) is 18.0 Å². The van der Waals surface area contributed by atoms with Gasteiger partial charge in [0.15, 0.2) is 12.3 Å². The topological polar surface area (TPSA) is 57.5 Å². The molecule has 0 aliphatic carbocycles. The molecule has 0 aromatic heterocycles. The quantitative estimate of drug-likeness (QED) is 0.609. The van der Waals surface area contributed by atoms with Gasteiger partial charge in [0.25, 0.3) is 6.43 Å². The normalized spacial score (nSPS) is 16.9. The van der Waals surface area contributed by atoms with Crippen molar-refractivity contribution in [2.45, 2.75) is 18.7 Å². The molecular weight excluding hydrogens is 153 g/mol. The van der Waals surface area contributed by atoms with E-state index in [1.807, 2.05) is 0 Å². The largest absolute Gasteiger partial charge is 0.479 e. The lowest BCUT2D eigenvalue weighted by molar-refractivity contribution is -0.154. The summed E-state index contributed by atoms with van der Waals surface area (Å²) in [5.41, 5.74) is 0. The summed E-state index contributed by atoms with van der Waals surface area (Å²) in [6.07, 6.45) is -9.12. The molecule has 0 heterocycles. The van der Waals surface area contributed by atoms with Crippen LogP contribution in [-0.4, -0.2) is 34.9 Å². The number of hydrogen-bond acceptors (Lipinski definition) is 2. The fourth-order valence-corrected chi connectivity index (χ4v) is 0.274. The first-order valence-corrected chi connectivity index (χ1v) is 2.30. The second-order valence-electron chi connectivity index (χ2n) is 1.56. The van der Waals surface area contributed by atoms with Crippen molar-refractivity contribution in [3.8, 4) is 0 Å². The first-order chi connectivity index (χ1) is 4.46. The van der Waals surface area contributed by atoms with Crippen LogP contribution in [0.4, 0.5) is 13.2 Å². The molecular formula is C4H5F3O3. The van der Waals surface area contributed by atoms with Crippen molar-refractivity contribution in [2.24, 2.45) is 0 Å². The molecule has 0 aliphatic heterocycles. The summed E-state index contributed by atoms with van der Waals surface area (Å²) >= 11 is 0. The second kappa shape index (κ2) is 3.40. The predicted octanol–water partition coefficient (Wildman–Crippen LogP) is 0.0351. The SMILES string of the molecule is O=C(O)C(O)C(F)C(F)F. The van der Waals surface area contributed by atoms with Gasteiger partial charge < -0.3 is 10.2 Å². The van der Waals surface area contributed by atoms with Gasteiger partial charge >= 0.3 is 5.97 Å². The van der Waals surface area contributed by atoms with E-state index in [0.717, 1.165) is 0 Å². The van der Waals surface area contributed by atoms with Gasteiger partial charge in [0.2, 0.25) is 0 Å². The standard InChI is InChI=1S/C4H5F3O3/c5-1(3(6)7)2(8)4(9)10/h1-3,8H,(H,9,10). The van der Waals surface area contributed by atoms with Crippen LogP contribution in [0.5, 0.6) is 0 Å². The number of carboxylic acids is 1. The summed E-state index contributed by atoms with van der Waals surface area (Å²) < 4.78 is 34.3. The molecule has 3 nitrogen and oxygen atoms in total. The maximum absolute atomic E-state index is 11.8. The summed E-state index contributed by atoms with van der Waals surface area (Å²) in [5, 5.41) is 15.9. The molecule has 0 aromatic carbocycles. The maximum atomic E-state index is 11.8. The Bertz CT molecular complexity index is 127. The molecule has 0 amide bonds. The third kappa shape index (κ3) is 2.22. The number of aliphatic hydroxyl groups is 1. The van der Waals surface area contributed by atoms with E-state index in [4.69, 9.17) is 10.2 Å². The highest BCUT2D eigenvalue weighted by Crippen LogP contribution is 2.09. The fraction of sp³-hybridized carbons (Fsp3) is 0.750. The summed E-state index contributed by atoms with van der Waals surface area (Å²) in [6.45, 7) is 0. The lowest BCUT2D eigenvalue weighted by atomic mass is 10.2. The minimum absolute atomic E-state index is 1.99. The third-order valence-corrected chi connectivity index (χ3v) is 0.795. The minimum Gasteiger partial charge on any atom is -0.479 e. The molecule has 0 rings (SSSR count). The highest BCUT2D eigenvalue weighted by molar-refractivity contribution is 5.72. The van der Waals surface area contributed by atoms with Gasteiger partial charge in [-0.05, 0) is 0 Å². The minimum atomic E-state index is -3.47. The Balaban J connectivity index is 3.94. The number of carbonyl (C=O) groups is 1. The van der Waals surface area contributed by atoms with E-state index in [0.29, 0.717) is 0 Å². The Labute approximate surface area is 54.1 Å². The van der Waals surface area contributed by atoms with E-state index in [2.05, 4.69) is 0 Å². The van der Waals surface area contributed by atoms with E-state index >= 15 is 0 Å². The van der Waals surface area contributed by atoms with Crippen LogP contribution in [0.15, 0.2) is 0 Å². The van der Waals surface area contributed by atoms with E-state index in [1.54, 1.807) is 0 Å². The van der Waals surface area contributed by atoms with Gasteiger partial charge in [0.1, 0.15) is 0 Å². The van der Waals surface area contributed by atoms with Crippen molar-refractivity contribution in [3.63, 3.8) is 0 Å². The molecule has 0 fully saturated rings. The molecule has 2 atom stereocenters. The molecule has 0 spiro atoms. The molecule has 2 N–H and O–H groups in total. The Kier molecular flexibility index (Phi) is 3.14. The van der Waals surface area contributed by atoms with Gasteiger partial charge in [-0.3, -0.25) is 0 Å². The van der Waals surface area contributed by atoms with Crippen LogP contribution in [0.3, 0.4) is 0 Å². The summed E-state index contributed by atoms with van der Waals surface area (Å²) in [7, 11) is 0. The zero-order valence-electron chi connectivity index (χ0n) is 4.67. The lowest BCUT2D eigenvalue weighted by Gasteiger charge is -2.08. The van der Waals surface area contributed by atoms with Crippen molar-refractivity contribution in [3.05, 3.63) is 0 Å². The number of rotatable bonds is 3. The molecule has 0 saturated heterocycles. The van der Waals surface area contributed by atoms with Crippen LogP contribution in [0.1, 0.15) is 0 Å². The Morgan fingerprint density at radius 2 is 1.70 bits per heavy atom. The molecule has 0 saturated carbocycles. The summed E-state index contributed by atoms with van der Waals surface area (Å²) in [5.74, 6) is -1.99. The number of alkyl halides is 3. The predicted molar refractivity (Wildman–Crippen MR) is 24.5 cm³/mol.